The highest BCUT2D eigenvalue weighted by Crippen LogP contribution is 2.37. The number of ether oxygens (including phenoxy) is 5. The molecule has 25 nitrogen and oxygen atoms in total. The molecule has 0 saturated carbocycles. The van der Waals surface area contributed by atoms with Gasteiger partial charge in [0.1, 0.15) is 35.6 Å². The molecule has 0 amide bonds. The number of hydrogen-bond donors (Lipinski definition) is 4. The molecule has 1 fully saturated rings. The van der Waals surface area contributed by atoms with Crippen LogP contribution in [0.4, 0.5) is 17.8 Å². The standard InChI is InChI=1S/C23H30N6O2Si.C17H16N6O.C16H20ClN3OSi.C13H22BN3O3/c1-30-10-9-25-23-26-13-17(14-27-23)20-6-5-18-19-15-24-8-7-21(19)29(22(18)28-20)16-31-11-12-32(2,3)4;1-24-7-6-19-17-20-8-11(9-21-17)14-3-2-12-13-10-18-5-4-15(13)23-16(12)22-14;1-22(2,3)9-8-21-11-20-14-6-7-18-10-13(14)12-4-5-15(17)19-16(12)20;1-12(2)13(3,4)20-14(19-12)10-8-16-11(17-9-10)15-6-7-18-5/h5-8,13-15H,9-12,16H2,1-4H3,(H,25,26,27);2-5,8-10H,6-7H2,1H3,(H,22,23)(H,19,20,21);4-7,10H,8-9,11H2,1-3H3;8-9H,6-7H2,1-5H3,(H,15,16,17). The average Bonchev–Trinajstić information content (AvgIpc) is 1.60. The molecule has 12 aromatic heterocycles. The second-order valence-electron chi connectivity index (χ2n) is 26.8. The van der Waals surface area contributed by atoms with E-state index in [0.29, 0.717) is 75.9 Å². The third kappa shape index (κ3) is 18.6. The number of anilines is 3. The Hall–Kier alpha value is -8.55. The summed E-state index contributed by atoms with van der Waals surface area (Å²) in [6.07, 6.45) is 21.5. The lowest BCUT2D eigenvalue weighted by molar-refractivity contribution is 0.00578. The van der Waals surface area contributed by atoms with Gasteiger partial charge in [-0.25, -0.2) is 44.9 Å². The number of aromatic amines is 1. The first-order valence-corrected chi connectivity index (χ1v) is 40.4. The predicted molar refractivity (Wildman–Crippen MR) is 396 cm³/mol. The van der Waals surface area contributed by atoms with Crippen molar-refractivity contribution in [3.63, 3.8) is 0 Å². The van der Waals surface area contributed by atoms with E-state index in [2.05, 4.69) is 130 Å². The molecule has 0 radical (unpaired) electrons. The second kappa shape index (κ2) is 32.9. The Labute approximate surface area is 578 Å². The van der Waals surface area contributed by atoms with Gasteiger partial charge >= 0.3 is 7.12 Å². The van der Waals surface area contributed by atoms with Gasteiger partial charge in [-0.2, -0.15) is 0 Å². The zero-order chi connectivity index (χ0) is 69.5. The molecule has 4 N–H and O–H groups in total. The summed E-state index contributed by atoms with van der Waals surface area (Å²) in [7, 11) is 2.34. The number of H-pyrrole nitrogens is 1. The SMILES string of the molecule is COCCNc1ncc(-c2ccc3c(n2)[nH]c2ccncc23)cn1.COCCNc1ncc(-c2ccc3c4cnccc4n(COCC[Si](C)(C)C)c3n2)cn1.COCCNc1ncc(B2OC(C)(C)C(C)(C)O2)cn1.C[Si](C)(C)CCOCn1c2ccncc2c2ccc(Cl)nc21. The highest BCUT2D eigenvalue weighted by molar-refractivity contribution is 6.76. The first-order valence-electron chi connectivity index (χ1n) is 32.6. The minimum atomic E-state index is -1.14. The normalized spacial score (nSPS) is 13.6. The molecule has 0 aromatic carbocycles. The number of rotatable bonds is 25. The highest BCUT2D eigenvalue weighted by atomic mass is 35.5. The summed E-state index contributed by atoms with van der Waals surface area (Å²) >= 11 is 6.06. The van der Waals surface area contributed by atoms with Crippen molar-refractivity contribution in [1.29, 1.82) is 0 Å². The van der Waals surface area contributed by atoms with Gasteiger partial charge in [0.05, 0.1) is 59.0 Å². The van der Waals surface area contributed by atoms with E-state index in [4.69, 9.17) is 49.6 Å². The number of fused-ring (bicyclic) bond motifs is 9. The lowest BCUT2D eigenvalue weighted by Crippen LogP contribution is -2.41. The van der Waals surface area contributed by atoms with E-state index in [1.807, 2.05) is 101 Å². The summed E-state index contributed by atoms with van der Waals surface area (Å²) in [6, 6.07) is 20.1. The number of nitrogens with one attached hydrogen (secondary N) is 4. The Kier molecular flexibility index (Phi) is 24.2. The molecular formula is C69H88BClN18O7Si2. The van der Waals surface area contributed by atoms with Crippen molar-refractivity contribution in [1.82, 2.24) is 73.9 Å². The second-order valence-corrected chi connectivity index (χ2v) is 38.5. The Morgan fingerprint density at radius 1 is 0.480 bits per heavy atom. The smallest absolute Gasteiger partial charge is 0.399 e. The fourth-order valence-electron chi connectivity index (χ4n) is 10.3. The zero-order valence-corrected chi connectivity index (χ0v) is 60.9. The largest absolute Gasteiger partial charge is 0.498 e. The topological polar surface area (TPSA) is 281 Å². The number of pyridine rings is 6. The van der Waals surface area contributed by atoms with Gasteiger partial charge in [-0.1, -0.05) is 50.9 Å². The van der Waals surface area contributed by atoms with Gasteiger partial charge < -0.3 is 63.1 Å². The molecule has 0 aliphatic carbocycles. The van der Waals surface area contributed by atoms with Crippen molar-refractivity contribution >= 4 is 124 Å². The Balaban J connectivity index is 0.000000144. The van der Waals surface area contributed by atoms with Crippen LogP contribution in [0.5, 0.6) is 0 Å². The van der Waals surface area contributed by atoms with Gasteiger partial charge in [0.15, 0.2) is 0 Å². The van der Waals surface area contributed by atoms with Gasteiger partial charge in [-0.3, -0.25) is 15.0 Å². The summed E-state index contributed by atoms with van der Waals surface area (Å²) in [4.78, 5) is 56.1. The molecule has 1 aliphatic heterocycles. The molecule has 1 aliphatic rings. The summed E-state index contributed by atoms with van der Waals surface area (Å²) in [5.41, 5.74) is 9.21. The van der Waals surface area contributed by atoms with Crippen molar-refractivity contribution in [3.8, 4) is 22.5 Å². The van der Waals surface area contributed by atoms with E-state index in [-0.39, 0.29) is 11.2 Å². The van der Waals surface area contributed by atoms with Crippen molar-refractivity contribution in [3.05, 3.63) is 134 Å². The maximum Gasteiger partial charge on any atom is 0.498 e. The summed E-state index contributed by atoms with van der Waals surface area (Å²) in [6.45, 7) is 28.5. The first-order chi connectivity index (χ1) is 47.1. The van der Waals surface area contributed by atoms with Crippen molar-refractivity contribution < 1.29 is 33.0 Å². The molecule has 29 heteroatoms. The molecule has 1 saturated heterocycles. The van der Waals surface area contributed by atoms with Crippen molar-refractivity contribution in [2.45, 2.75) is 104 Å². The van der Waals surface area contributed by atoms with E-state index < -0.39 is 23.3 Å². The van der Waals surface area contributed by atoms with Crippen LogP contribution in [0.15, 0.2) is 129 Å². The first kappa shape index (κ1) is 72.2. The maximum absolute atomic E-state index is 6.07. The summed E-state index contributed by atoms with van der Waals surface area (Å²) in [5, 5.41) is 16.2. The van der Waals surface area contributed by atoms with Crippen LogP contribution in [0.2, 0.25) is 56.5 Å². The third-order valence-electron chi connectivity index (χ3n) is 16.5. The van der Waals surface area contributed by atoms with Crippen LogP contribution >= 0.6 is 11.6 Å². The van der Waals surface area contributed by atoms with Crippen LogP contribution in [-0.4, -0.2) is 182 Å². The van der Waals surface area contributed by atoms with Crippen LogP contribution in [0.3, 0.4) is 0 Å². The number of methoxy groups -OCH3 is 3. The lowest BCUT2D eigenvalue weighted by Gasteiger charge is -2.32. The lowest BCUT2D eigenvalue weighted by atomic mass is 9.81. The molecule has 0 spiro atoms. The molecule has 0 atom stereocenters. The monoisotopic (exact) mass is 1380 g/mol. The fourth-order valence-corrected chi connectivity index (χ4v) is 11.9. The van der Waals surface area contributed by atoms with Crippen LogP contribution in [0.1, 0.15) is 27.7 Å². The zero-order valence-electron chi connectivity index (χ0n) is 58.2. The minimum absolute atomic E-state index is 0.354. The van der Waals surface area contributed by atoms with Crippen molar-refractivity contribution in [2.24, 2.45) is 0 Å². The predicted octanol–water partition coefficient (Wildman–Crippen LogP) is 12.4. The van der Waals surface area contributed by atoms with Gasteiger partial charge in [0, 0.05) is 194 Å². The van der Waals surface area contributed by atoms with Gasteiger partial charge in [-0.15, -0.1) is 0 Å². The van der Waals surface area contributed by atoms with Gasteiger partial charge in [0.2, 0.25) is 17.8 Å². The van der Waals surface area contributed by atoms with Crippen LogP contribution < -0.4 is 21.4 Å². The molecule has 0 unspecified atom stereocenters. The molecule has 514 valence electrons. The van der Waals surface area contributed by atoms with Crippen LogP contribution in [-0.2, 0) is 46.5 Å². The van der Waals surface area contributed by atoms with E-state index in [1.54, 1.807) is 70.9 Å². The average molecular weight is 1380 g/mol. The van der Waals surface area contributed by atoms with Crippen molar-refractivity contribution in [2.75, 3.05) is 89.9 Å². The van der Waals surface area contributed by atoms with E-state index in [0.717, 1.165) is 119 Å². The molecule has 13 heterocycles. The summed E-state index contributed by atoms with van der Waals surface area (Å²) < 4.78 is 43.1. The Bertz CT molecular complexity index is 4540. The Morgan fingerprint density at radius 2 is 0.898 bits per heavy atom. The van der Waals surface area contributed by atoms with Crippen LogP contribution in [0.25, 0.3) is 88.3 Å². The molecule has 98 heavy (non-hydrogen) atoms. The van der Waals surface area contributed by atoms with E-state index in [1.165, 1.54) is 0 Å². The number of hydrogen-bond acceptors (Lipinski definition) is 22. The molecular weight excluding hydrogens is 1300 g/mol. The van der Waals surface area contributed by atoms with Gasteiger partial charge in [-0.05, 0) is 94.4 Å². The minimum Gasteiger partial charge on any atom is -0.399 e. The molecule has 0 bridgehead atoms. The highest BCUT2D eigenvalue weighted by Gasteiger charge is 2.52. The van der Waals surface area contributed by atoms with E-state index >= 15 is 0 Å². The van der Waals surface area contributed by atoms with Gasteiger partial charge in [0.25, 0.3) is 0 Å². The quantitative estimate of drug-likeness (QED) is 0.0235. The molecule has 13 rings (SSSR count). The number of nitrogens with zero attached hydrogens (tertiary/aromatic N) is 14. The Morgan fingerprint density at radius 3 is 1.37 bits per heavy atom. The fraction of sp³-hybridized carbons (Fsp3) is 0.391. The maximum atomic E-state index is 6.07. The van der Waals surface area contributed by atoms with Crippen LogP contribution in [0, 0.1) is 0 Å². The third-order valence-corrected chi connectivity index (χ3v) is 20.2. The van der Waals surface area contributed by atoms with E-state index in [9.17, 15) is 0 Å². The molecule has 12 aromatic rings. The number of halogens is 1. The summed E-state index contributed by atoms with van der Waals surface area (Å²) in [5.74, 6) is 1.72. The number of aromatic nitrogens is 15.